The lowest BCUT2D eigenvalue weighted by atomic mass is 9.94. The van der Waals surface area contributed by atoms with E-state index in [4.69, 9.17) is 14.2 Å². The molecule has 29 heavy (non-hydrogen) atoms. The van der Waals surface area contributed by atoms with Gasteiger partial charge in [-0.05, 0) is 0 Å². The van der Waals surface area contributed by atoms with Gasteiger partial charge in [-0.1, -0.05) is 0 Å². The van der Waals surface area contributed by atoms with Crippen molar-refractivity contribution in [3.05, 3.63) is 0 Å². The molecule has 2 saturated heterocycles. The van der Waals surface area contributed by atoms with Crippen LogP contribution in [0.5, 0.6) is 0 Å². The number of nitrogens with one attached hydrogen (secondary N) is 2. The van der Waals surface area contributed by atoms with Crippen LogP contribution in [0.1, 0.15) is 13.8 Å². The third kappa shape index (κ3) is 5.39. The minimum atomic E-state index is -1.66. The van der Waals surface area contributed by atoms with Crippen molar-refractivity contribution in [2.45, 2.75) is 75.1 Å². The molecule has 0 saturated carbocycles. The monoisotopic (exact) mass is 424 g/mol. The molecule has 0 aromatic heterocycles. The van der Waals surface area contributed by atoms with Gasteiger partial charge in [0.1, 0.15) is 48.7 Å². The minimum absolute atomic E-state index is 0.576. The van der Waals surface area contributed by atoms with E-state index in [0.29, 0.717) is 0 Å². The lowest BCUT2D eigenvalue weighted by molar-refractivity contribution is -0.323. The molecule has 2 aliphatic rings. The first-order chi connectivity index (χ1) is 13.6. The number of amides is 2. The minimum Gasteiger partial charge on any atom is -0.394 e. The largest absolute Gasteiger partial charge is 0.394 e. The van der Waals surface area contributed by atoms with Gasteiger partial charge in [0, 0.05) is 13.8 Å². The first-order valence-corrected chi connectivity index (χ1v) is 9.05. The first-order valence-electron chi connectivity index (χ1n) is 9.05. The highest BCUT2D eigenvalue weighted by Gasteiger charge is 2.51. The van der Waals surface area contributed by atoms with Gasteiger partial charge in [0.25, 0.3) is 0 Å². The van der Waals surface area contributed by atoms with E-state index in [2.05, 4.69) is 10.6 Å². The molecule has 13 heteroatoms. The van der Waals surface area contributed by atoms with Gasteiger partial charge in [-0.15, -0.1) is 0 Å². The Morgan fingerprint density at radius 1 is 0.828 bits per heavy atom. The molecule has 0 aromatic carbocycles. The van der Waals surface area contributed by atoms with Crippen LogP contribution in [0.2, 0.25) is 0 Å². The van der Waals surface area contributed by atoms with Crippen LogP contribution in [0.25, 0.3) is 0 Å². The summed E-state index contributed by atoms with van der Waals surface area (Å²) in [6.07, 6.45) is -11.8. The fourth-order valence-electron chi connectivity index (χ4n) is 3.38. The standard InChI is InChI=1S/C16H28N2O11/c1-5(21)17-9-13(25)11(23)7(3-19)28-16(9)29-14-10(18-6(2)22)15(26)27-8(4-20)12(14)24/h7-16,19-20,23-26H,3-4H2,1-2H3,(H,17,21)(H,18,22)/t7-,8-,9-,10-,11-,12+,13-,14-,15?,16-/m1/s1. The van der Waals surface area contributed by atoms with Crippen LogP contribution in [0.3, 0.4) is 0 Å². The summed E-state index contributed by atoms with van der Waals surface area (Å²) < 4.78 is 16.2. The Morgan fingerprint density at radius 3 is 1.86 bits per heavy atom. The maximum Gasteiger partial charge on any atom is 0.217 e. The average molecular weight is 424 g/mol. The predicted molar refractivity (Wildman–Crippen MR) is 91.8 cm³/mol. The molecule has 1 unspecified atom stereocenters. The highest BCUT2D eigenvalue weighted by atomic mass is 16.7. The quantitative estimate of drug-likeness (QED) is 0.202. The van der Waals surface area contributed by atoms with Gasteiger partial charge in [-0.25, -0.2) is 0 Å². The van der Waals surface area contributed by atoms with E-state index in [-0.39, 0.29) is 0 Å². The lowest BCUT2D eigenvalue weighted by Gasteiger charge is -2.47. The fourth-order valence-corrected chi connectivity index (χ4v) is 3.38. The molecule has 0 spiro atoms. The van der Waals surface area contributed by atoms with Gasteiger partial charge in [0.2, 0.25) is 11.8 Å². The Kier molecular flexibility index (Phi) is 8.28. The molecule has 168 valence electrons. The van der Waals surface area contributed by atoms with Crippen molar-refractivity contribution >= 4 is 11.8 Å². The smallest absolute Gasteiger partial charge is 0.217 e. The van der Waals surface area contributed by atoms with Crippen LogP contribution in [-0.2, 0) is 23.8 Å². The van der Waals surface area contributed by atoms with E-state index in [9.17, 15) is 40.2 Å². The summed E-state index contributed by atoms with van der Waals surface area (Å²) in [5.74, 6) is -1.16. The number of aliphatic hydroxyl groups excluding tert-OH is 6. The van der Waals surface area contributed by atoms with Crippen molar-refractivity contribution in [3.8, 4) is 0 Å². The van der Waals surface area contributed by atoms with E-state index in [0.717, 1.165) is 13.8 Å². The SMILES string of the molecule is CC(=O)N[C@H]1[C@@H](O[C@H]2[C@@H](O)[C@@H](CO)OC(O)[C@@H]2NC(C)=O)O[C@H](CO)[C@@H](O)[C@@H]1O. The molecule has 0 aliphatic carbocycles. The van der Waals surface area contributed by atoms with Crippen LogP contribution in [-0.4, -0.2) is 117 Å². The maximum atomic E-state index is 11.5. The molecule has 10 atom stereocenters. The Hall–Kier alpha value is -1.42. The van der Waals surface area contributed by atoms with Crippen molar-refractivity contribution in [1.29, 1.82) is 0 Å². The molecule has 0 radical (unpaired) electrons. The van der Waals surface area contributed by atoms with Gasteiger partial charge in [-0.2, -0.15) is 0 Å². The normalized spacial score (nSPS) is 42.9. The molecular weight excluding hydrogens is 396 g/mol. The van der Waals surface area contributed by atoms with E-state index < -0.39 is 86.3 Å². The Morgan fingerprint density at radius 2 is 1.34 bits per heavy atom. The highest BCUT2D eigenvalue weighted by Crippen LogP contribution is 2.28. The number of ether oxygens (including phenoxy) is 3. The van der Waals surface area contributed by atoms with Crippen molar-refractivity contribution in [1.82, 2.24) is 10.6 Å². The molecule has 2 heterocycles. The molecule has 0 aromatic rings. The molecule has 2 rings (SSSR count). The molecule has 13 nitrogen and oxygen atoms in total. The number of carbonyl (C=O) groups is 2. The second-order valence-corrected chi connectivity index (χ2v) is 7.00. The van der Waals surface area contributed by atoms with Crippen molar-refractivity contribution in [2.75, 3.05) is 13.2 Å². The second kappa shape index (κ2) is 10.1. The fraction of sp³-hybridized carbons (Fsp3) is 0.875. The average Bonchev–Trinajstić information content (AvgIpc) is 2.65. The lowest BCUT2D eigenvalue weighted by Crippen LogP contribution is -2.69. The van der Waals surface area contributed by atoms with Crippen LogP contribution in [0, 0.1) is 0 Å². The van der Waals surface area contributed by atoms with Gasteiger partial charge in [-0.3, -0.25) is 9.59 Å². The highest BCUT2D eigenvalue weighted by molar-refractivity contribution is 5.73. The number of carbonyl (C=O) groups excluding carboxylic acids is 2. The second-order valence-electron chi connectivity index (χ2n) is 7.00. The number of hydrogen-bond acceptors (Lipinski definition) is 11. The van der Waals surface area contributed by atoms with Crippen molar-refractivity contribution < 1.29 is 54.4 Å². The zero-order valence-corrected chi connectivity index (χ0v) is 15.9. The summed E-state index contributed by atoms with van der Waals surface area (Å²) >= 11 is 0. The van der Waals surface area contributed by atoms with Crippen LogP contribution in [0.4, 0.5) is 0 Å². The number of aliphatic hydroxyl groups is 6. The predicted octanol–water partition coefficient (Wildman–Crippen LogP) is -5.11. The van der Waals surface area contributed by atoms with Gasteiger partial charge in [0.15, 0.2) is 12.6 Å². The molecule has 0 bridgehead atoms. The Labute approximate surface area is 166 Å². The maximum absolute atomic E-state index is 11.5. The summed E-state index contributed by atoms with van der Waals surface area (Å²) in [5, 5.41) is 64.5. The van der Waals surface area contributed by atoms with Crippen molar-refractivity contribution in [3.63, 3.8) is 0 Å². The van der Waals surface area contributed by atoms with Crippen LogP contribution >= 0.6 is 0 Å². The molecule has 2 fully saturated rings. The summed E-state index contributed by atoms with van der Waals surface area (Å²) in [6, 6.07) is -2.59. The van der Waals surface area contributed by atoms with Gasteiger partial charge >= 0.3 is 0 Å². The molecule has 8 N–H and O–H groups in total. The van der Waals surface area contributed by atoms with E-state index in [1.807, 2.05) is 0 Å². The molecule has 2 aliphatic heterocycles. The van der Waals surface area contributed by atoms with Crippen LogP contribution in [0.15, 0.2) is 0 Å². The summed E-state index contributed by atoms with van der Waals surface area (Å²) in [5.41, 5.74) is 0. The third-order valence-corrected chi connectivity index (χ3v) is 4.78. The summed E-state index contributed by atoms with van der Waals surface area (Å²) in [7, 11) is 0. The van der Waals surface area contributed by atoms with Crippen molar-refractivity contribution in [2.24, 2.45) is 0 Å². The van der Waals surface area contributed by atoms with Gasteiger partial charge in [0.05, 0.1) is 13.2 Å². The summed E-state index contributed by atoms with van der Waals surface area (Å²) in [6.45, 7) is 0.959. The molecular formula is C16H28N2O11. The third-order valence-electron chi connectivity index (χ3n) is 4.78. The Balaban J connectivity index is 2.31. The zero-order chi connectivity index (χ0) is 21.9. The van der Waals surface area contributed by atoms with E-state index in [1.54, 1.807) is 0 Å². The zero-order valence-electron chi connectivity index (χ0n) is 15.9. The van der Waals surface area contributed by atoms with Gasteiger partial charge < -0.3 is 55.5 Å². The molecule has 2 amide bonds. The van der Waals surface area contributed by atoms with Crippen LogP contribution < -0.4 is 10.6 Å². The van der Waals surface area contributed by atoms with E-state index in [1.165, 1.54) is 0 Å². The summed E-state index contributed by atoms with van der Waals surface area (Å²) in [4.78, 5) is 23.0. The Bertz CT molecular complexity index is 579. The number of rotatable bonds is 6. The number of hydrogen-bond donors (Lipinski definition) is 8. The topological polar surface area (TPSA) is 207 Å². The first kappa shape index (κ1) is 23.9. The van der Waals surface area contributed by atoms with E-state index >= 15 is 0 Å².